The highest BCUT2D eigenvalue weighted by atomic mass is 16.6. The molecule has 1 atom stereocenters. The predicted molar refractivity (Wildman–Crippen MR) is 93.6 cm³/mol. The van der Waals surface area contributed by atoms with Gasteiger partial charge in [-0.1, -0.05) is 5.10 Å². The van der Waals surface area contributed by atoms with Crippen molar-refractivity contribution in [2.45, 2.75) is 51.6 Å². The van der Waals surface area contributed by atoms with E-state index in [0.29, 0.717) is 38.5 Å². The number of nitrogens with two attached hydrogens (primary N) is 1. The highest BCUT2D eigenvalue weighted by Crippen LogP contribution is 2.31. The van der Waals surface area contributed by atoms with Gasteiger partial charge in [-0.2, -0.15) is 0 Å². The molecule has 144 valence electrons. The summed E-state index contributed by atoms with van der Waals surface area (Å²) in [5.74, 6) is 0.705. The number of nitrogens with zero attached hydrogens (tertiary/aromatic N) is 4. The first-order valence-electron chi connectivity index (χ1n) is 9.08. The first-order chi connectivity index (χ1) is 12.3. The Bertz CT molecular complexity index is 660. The SMILES string of the molecule is CC(C)(C)OC(=O)N1CCC(c2nnc(N3CC(CN)CC3=O)o2)CC1. The van der Waals surface area contributed by atoms with Crippen molar-refractivity contribution in [2.24, 2.45) is 11.7 Å². The summed E-state index contributed by atoms with van der Waals surface area (Å²) in [7, 11) is 0. The fraction of sp³-hybridized carbons (Fsp3) is 0.765. The Kier molecular flexibility index (Phi) is 5.17. The lowest BCUT2D eigenvalue weighted by Gasteiger charge is -2.32. The Morgan fingerprint density at radius 1 is 1.31 bits per heavy atom. The summed E-state index contributed by atoms with van der Waals surface area (Å²) < 4.78 is 11.2. The molecule has 1 unspecified atom stereocenters. The highest BCUT2D eigenvalue weighted by Gasteiger charge is 2.35. The van der Waals surface area contributed by atoms with E-state index in [-0.39, 0.29) is 29.9 Å². The standard InChI is InChI=1S/C17H27N5O4/c1-17(2,3)26-16(24)21-6-4-12(5-7-21)14-19-20-15(25-14)22-10-11(9-18)8-13(22)23/h11-12H,4-10,18H2,1-3H3. The highest BCUT2D eigenvalue weighted by molar-refractivity contribution is 5.93. The minimum Gasteiger partial charge on any atom is -0.444 e. The van der Waals surface area contributed by atoms with Crippen LogP contribution in [0.4, 0.5) is 10.8 Å². The molecule has 26 heavy (non-hydrogen) atoms. The van der Waals surface area contributed by atoms with Gasteiger partial charge in [0.1, 0.15) is 5.60 Å². The molecule has 2 saturated heterocycles. The quantitative estimate of drug-likeness (QED) is 0.863. The van der Waals surface area contributed by atoms with Gasteiger partial charge in [0.05, 0.1) is 0 Å². The van der Waals surface area contributed by atoms with E-state index in [2.05, 4.69) is 10.2 Å². The van der Waals surface area contributed by atoms with E-state index in [1.54, 1.807) is 4.90 Å². The molecule has 0 spiro atoms. The molecule has 9 heteroatoms. The van der Waals surface area contributed by atoms with Crippen molar-refractivity contribution in [2.75, 3.05) is 31.1 Å². The molecule has 0 saturated carbocycles. The minimum atomic E-state index is -0.501. The van der Waals surface area contributed by atoms with Crippen LogP contribution < -0.4 is 10.6 Å². The van der Waals surface area contributed by atoms with Gasteiger partial charge in [0, 0.05) is 32.0 Å². The van der Waals surface area contributed by atoms with Crippen molar-refractivity contribution in [1.29, 1.82) is 0 Å². The second-order valence-electron chi connectivity index (χ2n) is 7.97. The molecule has 1 aromatic rings. The maximum Gasteiger partial charge on any atom is 0.410 e. The van der Waals surface area contributed by atoms with Gasteiger partial charge in [-0.3, -0.25) is 9.69 Å². The number of anilines is 1. The lowest BCUT2D eigenvalue weighted by molar-refractivity contribution is -0.117. The van der Waals surface area contributed by atoms with Gasteiger partial charge in [-0.25, -0.2) is 4.79 Å². The van der Waals surface area contributed by atoms with E-state index in [1.165, 1.54) is 4.90 Å². The summed E-state index contributed by atoms with van der Waals surface area (Å²) in [6, 6.07) is 0.246. The first-order valence-corrected chi connectivity index (χ1v) is 9.08. The van der Waals surface area contributed by atoms with Crippen molar-refractivity contribution in [3.8, 4) is 0 Å². The third kappa shape index (κ3) is 4.14. The number of piperidine rings is 1. The van der Waals surface area contributed by atoms with E-state index in [0.717, 1.165) is 12.8 Å². The first kappa shape index (κ1) is 18.6. The minimum absolute atomic E-state index is 0.0320. The second-order valence-corrected chi connectivity index (χ2v) is 7.97. The summed E-state index contributed by atoms with van der Waals surface area (Å²) in [6.45, 7) is 7.70. The molecule has 2 N–H and O–H groups in total. The van der Waals surface area contributed by atoms with Crippen LogP contribution in [-0.2, 0) is 9.53 Å². The van der Waals surface area contributed by atoms with Crippen molar-refractivity contribution >= 4 is 18.0 Å². The van der Waals surface area contributed by atoms with Crippen molar-refractivity contribution in [3.05, 3.63) is 5.89 Å². The molecule has 9 nitrogen and oxygen atoms in total. The third-order valence-electron chi connectivity index (χ3n) is 4.70. The van der Waals surface area contributed by atoms with Crippen LogP contribution in [0.2, 0.25) is 0 Å². The Hall–Kier alpha value is -2.16. The van der Waals surface area contributed by atoms with Crippen LogP contribution in [0.5, 0.6) is 0 Å². The maximum absolute atomic E-state index is 12.1. The number of hydrogen-bond donors (Lipinski definition) is 1. The molecule has 3 rings (SSSR count). The largest absolute Gasteiger partial charge is 0.444 e. The number of rotatable bonds is 3. The summed E-state index contributed by atoms with van der Waals surface area (Å²) in [5, 5.41) is 8.16. The number of aromatic nitrogens is 2. The van der Waals surface area contributed by atoms with Gasteiger partial charge in [0.15, 0.2) is 0 Å². The number of hydrogen-bond acceptors (Lipinski definition) is 7. The molecule has 2 amide bonds. The third-order valence-corrected chi connectivity index (χ3v) is 4.70. The van der Waals surface area contributed by atoms with E-state index >= 15 is 0 Å². The Labute approximate surface area is 152 Å². The zero-order valence-electron chi connectivity index (χ0n) is 15.6. The number of carbonyl (C=O) groups is 2. The molecule has 0 aliphatic carbocycles. The average Bonchev–Trinajstić information content (AvgIpc) is 3.19. The smallest absolute Gasteiger partial charge is 0.410 e. The summed E-state index contributed by atoms with van der Waals surface area (Å²) in [4.78, 5) is 27.4. The topological polar surface area (TPSA) is 115 Å². The Morgan fingerprint density at radius 3 is 2.58 bits per heavy atom. The van der Waals surface area contributed by atoms with Crippen LogP contribution in [0, 0.1) is 5.92 Å². The fourth-order valence-electron chi connectivity index (χ4n) is 3.26. The fourth-order valence-corrected chi connectivity index (χ4v) is 3.26. The van der Waals surface area contributed by atoms with E-state index < -0.39 is 5.60 Å². The van der Waals surface area contributed by atoms with Gasteiger partial charge in [-0.15, -0.1) is 5.10 Å². The molecule has 2 aliphatic rings. The van der Waals surface area contributed by atoms with Gasteiger partial charge >= 0.3 is 12.1 Å². The van der Waals surface area contributed by atoms with E-state index in [9.17, 15) is 9.59 Å². The number of carbonyl (C=O) groups excluding carboxylic acids is 2. The number of likely N-dealkylation sites (tertiary alicyclic amines) is 1. The lowest BCUT2D eigenvalue weighted by atomic mass is 9.97. The van der Waals surface area contributed by atoms with Crippen LogP contribution in [0.15, 0.2) is 4.42 Å². The maximum atomic E-state index is 12.1. The monoisotopic (exact) mass is 365 g/mol. The summed E-state index contributed by atoms with van der Waals surface area (Å²) in [6.07, 6.45) is 1.57. The molecular formula is C17H27N5O4. The van der Waals surface area contributed by atoms with Gasteiger partial charge in [0.2, 0.25) is 11.8 Å². The normalized spacial score (nSPS) is 22.2. The summed E-state index contributed by atoms with van der Waals surface area (Å²) in [5.41, 5.74) is 5.15. The van der Waals surface area contributed by atoms with Crippen LogP contribution in [0.3, 0.4) is 0 Å². The lowest BCUT2D eigenvalue weighted by Crippen LogP contribution is -2.41. The van der Waals surface area contributed by atoms with Gasteiger partial charge in [0.25, 0.3) is 0 Å². The second kappa shape index (κ2) is 7.22. The average molecular weight is 365 g/mol. The molecular weight excluding hydrogens is 338 g/mol. The van der Waals surface area contributed by atoms with Crippen LogP contribution in [-0.4, -0.2) is 58.9 Å². The molecule has 3 heterocycles. The predicted octanol–water partition coefficient (Wildman–Crippen LogP) is 1.50. The van der Waals surface area contributed by atoms with Crippen LogP contribution in [0.1, 0.15) is 51.8 Å². The number of ether oxygens (including phenoxy) is 1. The van der Waals surface area contributed by atoms with Gasteiger partial charge < -0.3 is 19.8 Å². The van der Waals surface area contributed by atoms with Crippen molar-refractivity contribution in [1.82, 2.24) is 15.1 Å². The van der Waals surface area contributed by atoms with Crippen LogP contribution in [0.25, 0.3) is 0 Å². The molecule has 2 fully saturated rings. The van der Waals surface area contributed by atoms with Crippen molar-refractivity contribution < 1.29 is 18.7 Å². The zero-order valence-corrected chi connectivity index (χ0v) is 15.6. The Balaban J connectivity index is 1.57. The Morgan fingerprint density at radius 2 is 2.00 bits per heavy atom. The number of amides is 2. The molecule has 0 aromatic carbocycles. The molecule has 1 aromatic heterocycles. The molecule has 2 aliphatic heterocycles. The zero-order chi connectivity index (χ0) is 18.9. The van der Waals surface area contributed by atoms with Crippen LogP contribution >= 0.6 is 0 Å². The summed E-state index contributed by atoms with van der Waals surface area (Å²) >= 11 is 0. The van der Waals surface area contributed by atoms with E-state index in [4.69, 9.17) is 14.9 Å². The van der Waals surface area contributed by atoms with Crippen molar-refractivity contribution in [3.63, 3.8) is 0 Å². The molecule has 0 bridgehead atoms. The van der Waals surface area contributed by atoms with E-state index in [1.807, 2.05) is 20.8 Å². The molecule has 0 radical (unpaired) electrons. The van der Waals surface area contributed by atoms with Gasteiger partial charge in [-0.05, 0) is 46.1 Å².